The Morgan fingerprint density at radius 1 is 0.977 bits per heavy atom. The third-order valence-electron chi connectivity index (χ3n) is 8.79. The molecule has 2 fully saturated rings. The van der Waals surface area contributed by atoms with E-state index < -0.39 is 5.60 Å². The van der Waals surface area contributed by atoms with Crippen LogP contribution >= 0.6 is 15.9 Å². The number of piperazine rings is 1. The lowest BCUT2D eigenvalue weighted by Gasteiger charge is -2.43. The van der Waals surface area contributed by atoms with Crippen LogP contribution in [0, 0.1) is 6.92 Å². The summed E-state index contributed by atoms with van der Waals surface area (Å²) < 4.78 is 17.6. The highest BCUT2D eigenvalue weighted by molar-refractivity contribution is 9.10. The van der Waals surface area contributed by atoms with Crippen LogP contribution in [-0.4, -0.2) is 91.1 Å². The molecule has 0 bridgehead atoms. The number of fused-ring (bicyclic) bond motifs is 1. The van der Waals surface area contributed by atoms with Gasteiger partial charge in [-0.25, -0.2) is 4.98 Å². The summed E-state index contributed by atoms with van der Waals surface area (Å²) in [6.07, 6.45) is 4.03. The number of aliphatic hydroxyl groups is 1. The Hall–Kier alpha value is -3.32. The number of likely N-dealkylation sites (N-methyl/N-ethyl adjacent to an activating group) is 1. The summed E-state index contributed by atoms with van der Waals surface area (Å²) in [6, 6.07) is 8.49. The lowest BCUT2D eigenvalue weighted by atomic mass is 9.95. The number of hydrogen-bond donors (Lipinski definition) is 3. The Labute approximate surface area is 267 Å². The molecule has 0 amide bonds. The Balaban J connectivity index is 1.18. The van der Waals surface area contributed by atoms with E-state index in [0.29, 0.717) is 45.0 Å². The Morgan fingerprint density at radius 3 is 2.36 bits per heavy atom. The summed E-state index contributed by atoms with van der Waals surface area (Å²) in [6.45, 7) is 12.5. The molecule has 3 aliphatic heterocycles. The average Bonchev–Trinajstić information content (AvgIpc) is 3.46. The normalized spacial score (nSPS) is 18.0. The highest BCUT2D eigenvalue weighted by Crippen LogP contribution is 2.42. The number of ether oxygens (including phenoxy) is 3. The lowest BCUT2D eigenvalue weighted by molar-refractivity contribution is 0.0791. The largest absolute Gasteiger partial charge is 0.494 e. The minimum atomic E-state index is -1.13. The van der Waals surface area contributed by atoms with Crippen LogP contribution in [0.3, 0.4) is 0 Å². The van der Waals surface area contributed by atoms with E-state index in [1.807, 2.05) is 6.07 Å². The van der Waals surface area contributed by atoms with Crippen molar-refractivity contribution in [3.05, 3.63) is 46.1 Å². The predicted octanol–water partition coefficient (Wildman–Crippen LogP) is 5.22. The molecule has 2 saturated heterocycles. The van der Waals surface area contributed by atoms with Crippen LogP contribution in [0.1, 0.15) is 37.8 Å². The fraction of sp³-hybridized carbons (Fsp3) is 0.500. The predicted molar refractivity (Wildman–Crippen MR) is 176 cm³/mol. The number of benzene rings is 2. The van der Waals surface area contributed by atoms with E-state index >= 15 is 0 Å². The molecule has 0 unspecified atom stereocenters. The summed E-state index contributed by atoms with van der Waals surface area (Å²) in [5.74, 6) is 2.87. The van der Waals surface area contributed by atoms with Crippen molar-refractivity contribution in [1.82, 2.24) is 19.8 Å². The second-order valence-corrected chi connectivity index (χ2v) is 13.2. The van der Waals surface area contributed by atoms with Crippen LogP contribution in [0.4, 0.5) is 28.8 Å². The molecular weight excluding hydrogens is 626 g/mol. The fourth-order valence-electron chi connectivity index (χ4n) is 6.26. The summed E-state index contributed by atoms with van der Waals surface area (Å²) in [7, 11) is 3.90. The average molecular weight is 669 g/mol. The Morgan fingerprint density at radius 2 is 1.68 bits per heavy atom. The lowest BCUT2D eigenvalue weighted by Crippen LogP contribution is -2.52. The molecule has 44 heavy (non-hydrogen) atoms. The SMILES string of the molecule is COc1cc(N2CCC(N3CCN(C)CC3)CC2)c(C)cc1Nc1ncc(Br)c(Nc2cc3c(cc2C(C)(C)O)OCO3)n1. The number of halogens is 1. The van der Waals surface area contributed by atoms with Crippen LogP contribution in [0.2, 0.25) is 0 Å². The second-order valence-electron chi connectivity index (χ2n) is 12.3. The van der Waals surface area contributed by atoms with E-state index in [2.05, 4.69) is 72.4 Å². The number of piperidine rings is 1. The van der Waals surface area contributed by atoms with Gasteiger partial charge in [0, 0.05) is 80.6 Å². The molecule has 2 aromatic carbocycles. The summed E-state index contributed by atoms with van der Waals surface area (Å²) in [5, 5.41) is 17.6. The first-order valence-corrected chi connectivity index (χ1v) is 16.0. The van der Waals surface area contributed by atoms with Gasteiger partial charge in [-0.2, -0.15) is 4.98 Å². The van der Waals surface area contributed by atoms with Gasteiger partial charge in [0.05, 0.1) is 22.9 Å². The van der Waals surface area contributed by atoms with Gasteiger partial charge in [0.15, 0.2) is 11.5 Å². The third-order valence-corrected chi connectivity index (χ3v) is 9.37. The van der Waals surface area contributed by atoms with E-state index in [1.165, 1.54) is 31.6 Å². The topological polar surface area (TPSA) is 107 Å². The molecule has 0 aliphatic carbocycles. The minimum Gasteiger partial charge on any atom is -0.494 e. The molecule has 0 atom stereocenters. The number of methoxy groups -OCH3 is 1. The smallest absolute Gasteiger partial charge is 0.231 e. The molecule has 3 N–H and O–H groups in total. The van der Waals surface area contributed by atoms with Crippen molar-refractivity contribution in [2.24, 2.45) is 0 Å². The van der Waals surface area contributed by atoms with E-state index in [-0.39, 0.29) is 6.79 Å². The maximum Gasteiger partial charge on any atom is 0.231 e. The van der Waals surface area contributed by atoms with Crippen molar-refractivity contribution in [2.45, 2.75) is 45.3 Å². The zero-order valence-corrected chi connectivity index (χ0v) is 27.7. The third kappa shape index (κ3) is 6.53. The molecule has 3 aliphatic rings. The highest BCUT2D eigenvalue weighted by Gasteiger charge is 2.29. The first-order valence-electron chi connectivity index (χ1n) is 15.2. The van der Waals surface area contributed by atoms with Crippen LogP contribution < -0.4 is 29.7 Å². The second kappa shape index (κ2) is 12.6. The Bertz CT molecular complexity index is 1500. The van der Waals surface area contributed by atoms with Gasteiger partial charge in [0.2, 0.25) is 12.7 Å². The standard InChI is InChI=1S/C32H42BrN7O4/c1-20-14-25(27(42-5)17-26(20)40-8-6-21(7-9-40)39-12-10-38(4)11-13-39)36-31-34-18-23(33)30(37-31)35-24-16-29-28(43-19-44-29)15-22(24)32(2,3)41/h14-18,21,41H,6-13,19H2,1-5H3,(H2,34,35,36,37). The monoisotopic (exact) mass is 667 g/mol. The molecule has 0 spiro atoms. The molecule has 0 radical (unpaired) electrons. The van der Waals surface area contributed by atoms with Gasteiger partial charge in [-0.15, -0.1) is 0 Å². The number of nitrogens with one attached hydrogen (secondary N) is 2. The zero-order chi connectivity index (χ0) is 31.0. The van der Waals surface area contributed by atoms with Crippen molar-refractivity contribution < 1.29 is 19.3 Å². The molecular formula is C32H42BrN7O4. The van der Waals surface area contributed by atoms with E-state index in [0.717, 1.165) is 43.2 Å². The van der Waals surface area contributed by atoms with Gasteiger partial charge in [-0.3, -0.25) is 4.90 Å². The first kappa shape index (κ1) is 30.7. The number of rotatable bonds is 8. The number of anilines is 5. The van der Waals surface area contributed by atoms with Crippen molar-refractivity contribution in [1.29, 1.82) is 0 Å². The molecule has 6 rings (SSSR count). The van der Waals surface area contributed by atoms with Crippen LogP contribution in [0.25, 0.3) is 0 Å². The highest BCUT2D eigenvalue weighted by atomic mass is 79.9. The number of aromatic nitrogens is 2. The summed E-state index contributed by atoms with van der Waals surface area (Å²) >= 11 is 3.57. The van der Waals surface area contributed by atoms with Gasteiger partial charge < -0.3 is 39.8 Å². The molecule has 12 heteroatoms. The van der Waals surface area contributed by atoms with Crippen molar-refractivity contribution >= 4 is 44.8 Å². The van der Waals surface area contributed by atoms with E-state index in [9.17, 15) is 5.11 Å². The zero-order valence-electron chi connectivity index (χ0n) is 26.1. The van der Waals surface area contributed by atoms with Crippen LogP contribution in [0.5, 0.6) is 17.2 Å². The Kier molecular flexibility index (Phi) is 8.78. The van der Waals surface area contributed by atoms with E-state index in [1.54, 1.807) is 33.2 Å². The number of nitrogens with zero attached hydrogens (tertiary/aromatic N) is 5. The van der Waals surface area contributed by atoms with Gasteiger partial charge in [-0.1, -0.05) is 0 Å². The maximum absolute atomic E-state index is 10.9. The fourth-order valence-corrected chi connectivity index (χ4v) is 6.55. The van der Waals surface area contributed by atoms with Crippen molar-refractivity contribution in [3.8, 4) is 17.2 Å². The number of aryl methyl sites for hydroxylation is 1. The summed E-state index contributed by atoms with van der Waals surface area (Å²) in [5.41, 5.74) is 3.33. The van der Waals surface area contributed by atoms with Gasteiger partial charge in [0.1, 0.15) is 11.6 Å². The van der Waals surface area contributed by atoms with Crippen LogP contribution in [-0.2, 0) is 5.60 Å². The molecule has 3 aromatic rings. The molecule has 4 heterocycles. The quantitative estimate of drug-likeness (QED) is 0.294. The van der Waals surface area contributed by atoms with Crippen LogP contribution in [0.15, 0.2) is 34.9 Å². The molecule has 0 saturated carbocycles. The van der Waals surface area contributed by atoms with Gasteiger partial charge >= 0.3 is 0 Å². The van der Waals surface area contributed by atoms with Crippen molar-refractivity contribution in [2.75, 3.05) is 75.8 Å². The van der Waals surface area contributed by atoms with Crippen molar-refractivity contribution in [3.63, 3.8) is 0 Å². The molecule has 11 nitrogen and oxygen atoms in total. The maximum atomic E-state index is 10.9. The van der Waals surface area contributed by atoms with Gasteiger partial charge in [-0.05, 0) is 74.3 Å². The van der Waals surface area contributed by atoms with Gasteiger partial charge in [0.25, 0.3) is 0 Å². The first-order chi connectivity index (χ1) is 21.1. The molecule has 236 valence electrons. The number of hydrogen-bond acceptors (Lipinski definition) is 11. The van der Waals surface area contributed by atoms with E-state index in [4.69, 9.17) is 19.2 Å². The molecule has 1 aromatic heterocycles. The summed E-state index contributed by atoms with van der Waals surface area (Å²) in [4.78, 5) is 16.8. The minimum absolute atomic E-state index is 0.143.